The van der Waals surface area contributed by atoms with Gasteiger partial charge in [0.15, 0.2) is 11.5 Å². The number of benzene rings is 2. The quantitative estimate of drug-likeness (QED) is 0.612. The van der Waals surface area contributed by atoms with Crippen molar-refractivity contribution in [2.75, 3.05) is 13.2 Å². The molecule has 2 aromatic rings. The Balaban J connectivity index is 2.03. The lowest BCUT2D eigenvalue weighted by Crippen LogP contribution is -2.15. The van der Waals surface area contributed by atoms with Gasteiger partial charge >= 0.3 is 0 Å². The number of hydrogen-bond acceptors (Lipinski definition) is 2. The summed E-state index contributed by atoms with van der Waals surface area (Å²) in [5.74, 6) is 1.45. The predicted octanol–water partition coefficient (Wildman–Crippen LogP) is 5.36. The summed E-state index contributed by atoms with van der Waals surface area (Å²) in [6, 6.07) is 11.8. The minimum absolute atomic E-state index is 0.0126. The minimum atomic E-state index is -0.0126. The Kier molecular flexibility index (Phi) is 4.24. The van der Waals surface area contributed by atoms with Crippen LogP contribution in [0.4, 0.5) is 0 Å². The lowest BCUT2D eigenvalue weighted by molar-refractivity contribution is 0.171. The molecule has 1 unspecified atom stereocenters. The van der Waals surface area contributed by atoms with Gasteiger partial charge in [-0.1, -0.05) is 61.7 Å². The zero-order chi connectivity index (χ0) is 14.1. The van der Waals surface area contributed by atoms with E-state index in [1.807, 2.05) is 30.3 Å². The second-order valence-electron chi connectivity index (χ2n) is 4.40. The van der Waals surface area contributed by atoms with Crippen molar-refractivity contribution in [1.82, 2.24) is 0 Å². The number of rotatable bonds is 2. The lowest BCUT2D eigenvalue weighted by atomic mass is 10.0. The molecule has 5 heteroatoms. The van der Waals surface area contributed by atoms with Crippen LogP contribution in [-0.2, 0) is 0 Å². The fraction of sp³-hybridized carbons (Fsp3) is 0.200. The van der Waals surface area contributed by atoms with Crippen molar-refractivity contribution in [2.24, 2.45) is 0 Å². The van der Waals surface area contributed by atoms with E-state index < -0.39 is 0 Å². The Labute approximate surface area is 139 Å². The lowest BCUT2D eigenvalue weighted by Gasteiger charge is -2.21. The normalized spacial score (nSPS) is 14.9. The molecular formula is C15H11Br2ClO2. The largest absolute Gasteiger partial charge is 0.486 e. The van der Waals surface area contributed by atoms with Gasteiger partial charge in [-0.15, -0.1) is 0 Å². The zero-order valence-electron chi connectivity index (χ0n) is 10.4. The van der Waals surface area contributed by atoms with Crippen molar-refractivity contribution in [3.63, 3.8) is 0 Å². The van der Waals surface area contributed by atoms with Crippen LogP contribution in [0.25, 0.3) is 0 Å². The van der Waals surface area contributed by atoms with E-state index in [4.69, 9.17) is 21.1 Å². The van der Waals surface area contributed by atoms with E-state index >= 15 is 0 Å². The second-order valence-corrected chi connectivity index (χ2v) is 6.58. The summed E-state index contributed by atoms with van der Waals surface area (Å²) in [7, 11) is 0. The molecule has 1 heterocycles. The topological polar surface area (TPSA) is 18.5 Å². The third-order valence-corrected chi connectivity index (χ3v) is 5.15. The van der Waals surface area contributed by atoms with Gasteiger partial charge in [0, 0.05) is 15.6 Å². The van der Waals surface area contributed by atoms with Gasteiger partial charge in [-0.25, -0.2) is 0 Å². The minimum Gasteiger partial charge on any atom is -0.486 e. The van der Waals surface area contributed by atoms with Gasteiger partial charge in [0.1, 0.15) is 13.2 Å². The molecule has 1 aliphatic heterocycles. The van der Waals surface area contributed by atoms with Crippen LogP contribution in [0, 0.1) is 0 Å². The molecule has 1 atom stereocenters. The van der Waals surface area contributed by atoms with E-state index in [-0.39, 0.29) is 4.83 Å². The van der Waals surface area contributed by atoms with Crippen LogP contribution in [0.3, 0.4) is 0 Å². The standard InChI is InChI=1S/C15H11Br2ClO2/c16-11-4-2-1-3-9(11)15(17)10-7-13-14(8-12(10)18)20-6-5-19-13/h1-4,7-8,15H,5-6H2. The summed E-state index contributed by atoms with van der Waals surface area (Å²) < 4.78 is 12.2. The van der Waals surface area contributed by atoms with Crippen molar-refractivity contribution in [2.45, 2.75) is 4.83 Å². The van der Waals surface area contributed by atoms with Crippen LogP contribution in [0.1, 0.15) is 16.0 Å². The molecule has 2 nitrogen and oxygen atoms in total. The highest BCUT2D eigenvalue weighted by atomic mass is 79.9. The molecule has 0 aliphatic carbocycles. The molecule has 3 rings (SSSR count). The van der Waals surface area contributed by atoms with Gasteiger partial charge in [-0.2, -0.15) is 0 Å². The third-order valence-electron chi connectivity index (χ3n) is 3.11. The maximum atomic E-state index is 6.38. The molecule has 0 bridgehead atoms. The number of alkyl halides is 1. The average molecular weight is 419 g/mol. The van der Waals surface area contributed by atoms with Gasteiger partial charge in [0.25, 0.3) is 0 Å². The molecule has 0 aromatic heterocycles. The van der Waals surface area contributed by atoms with Crippen LogP contribution in [0.15, 0.2) is 40.9 Å². The summed E-state index contributed by atoms with van der Waals surface area (Å²) in [6.45, 7) is 1.13. The molecule has 0 saturated carbocycles. The molecule has 0 N–H and O–H groups in total. The predicted molar refractivity (Wildman–Crippen MR) is 87.4 cm³/mol. The summed E-state index contributed by atoms with van der Waals surface area (Å²) in [6.07, 6.45) is 0. The van der Waals surface area contributed by atoms with E-state index in [0.29, 0.717) is 24.0 Å². The maximum Gasteiger partial charge on any atom is 0.162 e. The molecule has 20 heavy (non-hydrogen) atoms. The first kappa shape index (κ1) is 14.2. The van der Waals surface area contributed by atoms with Gasteiger partial charge < -0.3 is 9.47 Å². The van der Waals surface area contributed by atoms with Crippen LogP contribution in [-0.4, -0.2) is 13.2 Å². The van der Waals surface area contributed by atoms with Crippen LogP contribution in [0.2, 0.25) is 5.02 Å². The Hall–Kier alpha value is -0.710. The Morgan fingerprint density at radius 3 is 2.35 bits per heavy atom. The summed E-state index contributed by atoms with van der Waals surface area (Å²) >= 11 is 13.7. The van der Waals surface area contributed by atoms with Gasteiger partial charge in [0.2, 0.25) is 0 Å². The Morgan fingerprint density at radius 1 is 1.00 bits per heavy atom. The Bertz CT molecular complexity index is 646. The fourth-order valence-corrected chi connectivity index (χ4v) is 4.12. The van der Waals surface area contributed by atoms with Crippen LogP contribution < -0.4 is 9.47 Å². The van der Waals surface area contributed by atoms with Crippen molar-refractivity contribution in [3.05, 3.63) is 57.0 Å². The first-order valence-electron chi connectivity index (χ1n) is 6.14. The molecule has 1 aliphatic rings. The van der Waals surface area contributed by atoms with E-state index in [1.54, 1.807) is 0 Å². The smallest absolute Gasteiger partial charge is 0.162 e. The van der Waals surface area contributed by atoms with Gasteiger partial charge in [-0.05, 0) is 23.3 Å². The fourth-order valence-electron chi connectivity index (χ4n) is 2.12. The molecule has 104 valence electrons. The van der Waals surface area contributed by atoms with Crippen LogP contribution in [0.5, 0.6) is 11.5 Å². The molecule has 0 fully saturated rings. The monoisotopic (exact) mass is 416 g/mol. The van der Waals surface area contributed by atoms with E-state index in [2.05, 4.69) is 37.9 Å². The van der Waals surface area contributed by atoms with E-state index in [0.717, 1.165) is 21.3 Å². The van der Waals surface area contributed by atoms with E-state index in [9.17, 15) is 0 Å². The second kappa shape index (κ2) is 5.96. The highest BCUT2D eigenvalue weighted by Gasteiger charge is 2.21. The number of fused-ring (bicyclic) bond motifs is 1. The first-order valence-corrected chi connectivity index (χ1v) is 8.23. The SMILES string of the molecule is Clc1cc2c(cc1C(Br)c1ccccc1Br)OCCO2. The third kappa shape index (κ3) is 2.69. The number of halogens is 3. The Morgan fingerprint density at radius 2 is 1.65 bits per heavy atom. The average Bonchev–Trinajstić information content (AvgIpc) is 2.46. The molecular weight excluding hydrogens is 407 g/mol. The molecule has 0 amide bonds. The van der Waals surface area contributed by atoms with Crippen molar-refractivity contribution in [1.29, 1.82) is 0 Å². The molecule has 0 saturated heterocycles. The van der Waals surface area contributed by atoms with Crippen molar-refractivity contribution in [3.8, 4) is 11.5 Å². The van der Waals surface area contributed by atoms with Gasteiger partial charge in [-0.3, -0.25) is 0 Å². The summed E-state index contributed by atoms with van der Waals surface area (Å²) in [5.41, 5.74) is 2.08. The van der Waals surface area contributed by atoms with Crippen molar-refractivity contribution < 1.29 is 9.47 Å². The maximum absolute atomic E-state index is 6.38. The highest BCUT2D eigenvalue weighted by Crippen LogP contribution is 2.43. The summed E-state index contributed by atoms with van der Waals surface area (Å²) in [5, 5.41) is 0.659. The number of hydrogen-bond donors (Lipinski definition) is 0. The van der Waals surface area contributed by atoms with Crippen LogP contribution >= 0.6 is 43.5 Å². The van der Waals surface area contributed by atoms with Gasteiger partial charge in [0.05, 0.1) is 4.83 Å². The number of ether oxygens (including phenoxy) is 2. The van der Waals surface area contributed by atoms with Crippen molar-refractivity contribution >= 4 is 43.5 Å². The van der Waals surface area contributed by atoms with E-state index in [1.165, 1.54) is 0 Å². The summed E-state index contributed by atoms with van der Waals surface area (Å²) in [4.78, 5) is -0.0126. The molecule has 0 spiro atoms. The molecule has 0 radical (unpaired) electrons. The zero-order valence-corrected chi connectivity index (χ0v) is 14.3. The first-order chi connectivity index (χ1) is 9.66. The highest BCUT2D eigenvalue weighted by molar-refractivity contribution is 9.11. The molecule has 2 aromatic carbocycles.